The highest BCUT2D eigenvalue weighted by molar-refractivity contribution is 7.89. The van der Waals surface area contributed by atoms with Crippen molar-refractivity contribution in [2.24, 2.45) is 11.8 Å². The number of likely N-dealkylation sites (tertiary alicyclic amines) is 1. The summed E-state index contributed by atoms with van der Waals surface area (Å²) in [5.41, 5.74) is 2.34. The van der Waals surface area contributed by atoms with Crippen molar-refractivity contribution < 1.29 is 12.8 Å². The fourth-order valence-corrected chi connectivity index (χ4v) is 7.02. The van der Waals surface area contributed by atoms with Crippen LogP contribution < -0.4 is 4.72 Å². The van der Waals surface area contributed by atoms with Crippen LogP contribution in [0.2, 0.25) is 0 Å². The number of hydrogen-bond donors (Lipinski definition) is 2. The maximum Gasteiger partial charge on any atom is 0.258 e. The van der Waals surface area contributed by atoms with Gasteiger partial charge in [-0.2, -0.15) is 0 Å². The molecule has 0 radical (unpaired) electrons. The molecule has 2 heterocycles. The summed E-state index contributed by atoms with van der Waals surface area (Å²) >= 11 is 0. The van der Waals surface area contributed by atoms with Gasteiger partial charge in [0, 0.05) is 37.7 Å². The summed E-state index contributed by atoms with van der Waals surface area (Å²) in [5, 5.41) is 8.70. The first-order valence-electron chi connectivity index (χ1n) is 11.9. The molecule has 2 fully saturated rings. The largest absolute Gasteiger partial charge is 0.357 e. The van der Waals surface area contributed by atoms with Crippen LogP contribution in [0, 0.1) is 23.1 Å². The fraction of sp³-hybridized carbons (Fsp3) is 0.520. The quantitative estimate of drug-likeness (QED) is 0.666. The van der Waals surface area contributed by atoms with E-state index in [0.717, 1.165) is 57.1 Å². The van der Waals surface area contributed by atoms with Gasteiger partial charge in [-0.1, -0.05) is 12.1 Å². The minimum atomic E-state index is -3.56. The van der Waals surface area contributed by atoms with Crippen molar-refractivity contribution in [2.45, 2.75) is 61.9 Å². The van der Waals surface area contributed by atoms with E-state index in [0.29, 0.717) is 36.2 Å². The van der Waals surface area contributed by atoms with Crippen LogP contribution in [-0.4, -0.2) is 43.3 Å². The van der Waals surface area contributed by atoms with Crippen molar-refractivity contribution in [1.82, 2.24) is 14.6 Å². The smallest absolute Gasteiger partial charge is 0.258 e. The predicted molar refractivity (Wildman–Crippen MR) is 125 cm³/mol. The molecule has 0 amide bonds. The second kappa shape index (κ2) is 9.14. The van der Waals surface area contributed by atoms with Crippen LogP contribution in [0.1, 0.15) is 55.6 Å². The van der Waals surface area contributed by atoms with E-state index in [1.807, 2.05) is 6.07 Å². The van der Waals surface area contributed by atoms with Crippen LogP contribution in [0.25, 0.3) is 0 Å². The Hall–Kier alpha value is -2.32. The molecule has 2 atom stereocenters. The number of aryl methyl sites for hydroxylation is 1. The molecule has 1 saturated heterocycles. The number of pyridine rings is 1. The van der Waals surface area contributed by atoms with Gasteiger partial charge in [0.2, 0.25) is 0 Å². The molecule has 0 bridgehead atoms. The Kier molecular flexibility index (Phi) is 6.22. The highest BCUT2D eigenvalue weighted by atomic mass is 32.2. The Labute approximate surface area is 195 Å². The van der Waals surface area contributed by atoms with Gasteiger partial charge in [0.15, 0.2) is 5.03 Å². The summed E-state index contributed by atoms with van der Waals surface area (Å²) in [5.74, 6) is 1.71. The highest BCUT2D eigenvalue weighted by Gasteiger charge is 2.42. The van der Waals surface area contributed by atoms with E-state index in [4.69, 9.17) is 5.41 Å². The normalized spacial score (nSPS) is 27.3. The van der Waals surface area contributed by atoms with Crippen LogP contribution in [0.3, 0.4) is 0 Å². The third-order valence-corrected chi connectivity index (χ3v) is 9.07. The highest BCUT2D eigenvalue weighted by Crippen LogP contribution is 2.43. The maximum absolute atomic E-state index is 13.6. The van der Waals surface area contributed by atoms with Gasteiger partial charge < -0.3 is 4.90 Å². The topological polar surface area (TPSA) is 86.2 Å². The Bertz CT molecular complexity index is 1120. The van der Waals surface area contributed by atoms with Crippen molar-refractivity contribution in [3.8, 4) is 0 Å². The minimum Gasteiger partial charge on any atom is -0.357 e. The van der Waals surface area contributed by atoms with Gasteiger partial charge in [0.25, 0.3) is 10.0 Å². The molecule has 6 nitrogen and oxygen atoms in total. The number of sulfonamides is 1. The summed E-state index contributed by atoms with van der Waals surface area (Å²) in [6, 6.07) is 10.4. The summed E-state index contributed by atoms with van der Waals surface area (Å²) < 4.78 is 41.2. The first-order chi connectivity index (χ1) is 15.9. The SMILES string of the molecule is N=C1C[C@H]2c3ccc(F)cc3CC[C@H]2N1CC1CCC(CNS(=O)(=O)c2ccccn2)CC1. The molecule has 3 aliphatic rings. The number of nitrogens with one attached hydrogen (secondary N) is 2. The first kappa shape index (κ1) is 22.5. The monoisotopic (exact) mass is 470 g/mol. The molecular formula is C25H31FN4O2S. The second-order valence-corrected chi connectivity index (χ2v) is 11.5. The third-order valence-electron chi connectivity index (χ3n) is 7.74. The number of benzene rings is 1. The Morgan fingerprint density at radius 3 is 2.64 bits per heavy atom. The lowest BCUT2D eigenvalue weighted by Gasteiger charge is -2.37. The van der Waals surface area contributed by atoms with Gasteiger partial charge in [-0.3, -0.25) is 5.41 Å². The van der Waals surface area contributed by atoms with Gasteiger partial charge in [-0.25, -0.2) is 22.5 Å². The van der Waals surface area contributed by atoms with Crippen LogP contribution in [0.4, 0.5) is 4.39 Å². The summed E-state index contributed by atoms with van der Waals surface area (Å²) in [7, 11) is -3.56. The van der Waals surface area contributed by atoms with Crippen LogP contribution in [0.5, 0.6) is 0 Å². The molecule has 0 unspecified atom stereocenters. The molecule has 2 N–H and O–H groups in total. The number of amidine groups is 1. The molecule has 2 aromatic rings. The Morgan fingerprint density at radius 2 is 1.88 bits per heavy atom. The number of hydrogen-bond acceptors (Lipinski definition) is 4. The molecule has 1 aliphatic heterocycles. The second-order valence-electron chi connectivity index (χ2n) is 9.77. The van der Waals surface area contributed by atoms with Gasteiger partial charge in [0.1, 0.15) is 5.82 Å². The molecule has 1 aromatic carbocycles. The standard InChI is InChI=1S/C25H31FN4O2S/c26-20-9-10-21-19(13-20)8-11-23-22(21)14-24(27)30(23)16-18-6-4-17(5-7-18)15-29-33(31,32)25-3-1-2-12-28-25/h1-3,9-10,12-13,17-18,22-23,27,29H,4-8,11,14-16H2/t17?,18?,22-,23+/m0/s1. The van der Waals surface area contributed by atoms with Gasteiger partial charge in [0.05, 0.1) is 5.84 Å². The molecule has 5 rings (SSSR count). The lowest BCUT2D eigenvalue weighted by atomic mass is 9.79. The molecule has 1 aromatic heterocycles. The van der Waals surface area contributed by atoms with Crippen molar-refractivity contribution in [3.05, 3.63) is 59.5 Å². The lowest BCUT2D eigenvalue weighted by Crippen LogP contribution is -2.41. The lowest BCUT2D eigenvalue weighted by molar-refractivity contribution is 0.197. The number of nitrogens with zero attached hydrogens (tertiary/aromatic N) is 2. The Balaban J connectivity index is 1.14. The number of aromatic nitrogens is 1. The van der Waals surface area contributed by atoms with E-state index in [1.54, 1.807) is 24.3 Å². The molecule has 33 heavy (non-hydrogen) atoms. The predicted octanol–water partition coefficient (Wildman–Crippen LogP) is 4.09. The summed E-state index contributed by atoms with van der Waals surface area (Å²) in [6.07, 6.45) is 8.18. The third kappa shape index (κ3) is 4.68. The van der Waals surface area contributed by atoms with Gasteiger partial charge >= 0.3 is 0 Å². The fourth-order valence-electron chi connectivity index (χ4n) is 5.96. The average Bonchev–Trinajstić information content (AvgIpc) is 3.14. The van der Waals surface area contributed by atoms with Crippen LogP contribution in [-0.2, 0) is 16.4 Å². The molecule has 176 valence electrons. The number of halogens is 1. The summed E-state index contributed by atoms with van der Waals surface area (Å²) in [4.78, 5) is 6.26. The van der Waals surface area contributed by atoms with E-state index in [9.17, 15) is 12.8 Å². The van der Waals surface area contributed by atoms with Gasteiger partial charge in [-0.05, 0) is 85.8 Å². The zero-order valence-corrected chi connectivity index (χ0v) is 19.5. The molecule has 2 aliphatic carbocycles. The molecular weight excluding hydrogens is 439 g/mol. The minimum absolute atomic E-state index is 0.0672. The van der Waals surface area contributed by atoms with E-state index in [2.05, 4.69) is 14.6 Å². The van der Waals surface area contributed by atoms with E-state index >= 15 is 0 Å². The number of fused-ring (bicyclic) bond motifs is 3. The van der Waals surface area contributed by atoms with Crippen molar-refractivity contribution >= 4 is 15.9 Å². The Morgan fingerprint density at radius 1 is 1.09 bits per heavy atom. The van der Waals surface area contributed by atoms with Crippen molar-refractivity contribution in [3.63, 3.8) is 0 Å². The van der Waals surface area contributed by atoms with E-state index in [-0.39, 0.29) is 10.8 Å². The zero-order valence-electron chi connectivity index (χ0n) is 18.7. The van der Waals surface area contributed by atoms with Crippen LogP contribution in [0.15, 0.2) is 47.6 Å². The van der Waals surface area contributed by atoms with Crippen molar-refractivity contribution in [2.75, 3.05) is 13.1 Å². The molecule has 8 heteroatoms. The maximum atomic E-state index is 13.6. The van der Waals surface area contributed by atoms with Crippen molar-refractivity contribution in [1.29, 1.82) is 5.41 Å². The summed E-state index contributed by atoms with van der Waals surface area (Å²) in [6.45, 7) is 1.35. The molecule has 0 spiro atoms. The first-order valence-corrected chi connectivity index (χ1v) is 13.4. The zero-order chi connectivity index (χ0) is 23.0. The van der Waals surface area contributed by atoms with E-state index in [1.165, 1.54) is 17.8 Å². The molecule has 1 saturated carbocycles. The average molecular weight is 471 g/mol. The van der Waals surface area contributed by atoms with E-state index < -0.39 is 10.0 Å². The van der Waals surface area contributed by atoms with Gasteiger partial charge in [-0.15, -0.1) is 0 Å². The number of rotatable bonds is 6. The van der Waals surface area contributed by atoms with Crippen LogP contribution >= 0.6 is 0 Å².